The lowest BCUT2D eigenvalue weighted by atomic mass is 9.89. The van der Waals surface area contributed by atoms with Crippen molar-refractivity contribution >= 4 is 16.6 Å². The van der Waals surface area contributed by atoms with Crippen molar-refractivity contribution in [2.75, 3.05) is 27.4 Å². The molecule has 0 bridgehead atoms. The van der Waals surface area contributed by atoms with E-state index in [4.69, 9.17) is 14.2 Å². The number of fused-ring (bicyclic) bond motifs is 1. The molecule has 1 unspecified atom stereocenters. The molecule has 0 spiro atoms. The number of carbonyl (C=O) groups excluding carboxylic acids is 1. The van der Waals surface area contributed by atoms with Crippen molar-refractivity contribution in [3.8, 4) is 28.4 Å². The molecule has 7 heteroatoms. The molecule has 39 heavy (non-hydrogen) atoms. The van der Waals surface area contributed by atoms with Gasteiger partial charge >= 0.3 is 0 Å². The minimum Gasteiger partial charge on any atom is -0.497 e. The van der Waals surface area contributed by atoms with E-state index in [2.05, 4.69) is 5.32 Å². The highest BCUT2D eigenvalue weighted by Crippen LogP contribution is 2.39. The van der Waals surface area contributed by atoms with Crippen LogP contribution < -0.4 is 19.5 Å². The maximum Gasteiger partial charge on any atom is 0.194 e. The molecule has 1 fully saturated rings. The molecular formula is C32H31F2NO4. The average Bonchev–Trinajstić information content (AvgIpc) is 2.98. The summed E-state index contributed by atoms with van der Waals surface area (Å²) in [6, 6.07) is 18.5. The number of carbonyl (C=O) groups is 1. The van der Waals surface area contributed by atoms with Crippen molar-refractivity contribution in [2.45, 2.75) is 31.7 Å². The fraction of sp³-hybridized carbons (Fsp3) is 0.281. The quantitative estimate of drug-likeness (QED) is 0.237. The number of hydrogen-bond acceptors (Lipinski definition) is 5. The van der Waals surface area contributed by atoms with Crippen molar-refractivity contribution in [1.82, 2.24) is 5.32 Å². The van der Waals surface area contributed by atoms with Crippen LogP contribution in [0.2, 0.25) is 0 Å². The van der Waals surface area contributed by atoms with Gasteiger partial charge in [0.25, 0.3) is 0 Å². The van der Waals surface area contributed by atoms with E-state index in [-0.39, 0.29) is 17.1 Å². The zero-order valence-corrected chi connectivity index (χ0v) is 22.1. The zero-order chi connectivity index (χ0) is 27.4. The minimum absolute atomic E-state index is 0.131. The molecule has 0 radical (unpaired) electrons. The molecule has 5 rings (SSSR count). The van der Waals surface area contributed by atoms with Crippen LogP contribution in [-0.2, 0) is 0 Å². The summed E-state index contributed by atoms with van der Waals surface area (Å²) >= 11 is 0. The maximum absolute atomic E-state index is 14.4. The van der Waals surface area contributed by atoms with E-state index in [0.29, 0.717) is 46.2 Å². The van der Waals surface area contributed by atoms with Crippen LogP contribution in [-0.4, -0.2) is 39.2 Å². The first-order valence-electron chi connectivity index (χ1n) is 13.1. The number of ether oxygens (including phenoxy) is 3. The van der Waals surface area contributed by atoms with Gasteiger partial charge < -0.3 is 19.5 Å². The van der Waals surface area contributed by atoms with E-state index in [1.54, 1.807) is 49.6 Å². The topological polar surface area (TPSA) is 56.8 Å². The summed E-state index contributed by atoms with van der Waals surface area (Å²) in [4.78, 5) is 14.0. The third-order valence-corrected chi connectivity index (χ3v) is 7.25. The molecule has 4 aromatic carbocycles. The number of piperidine rings is 1. The number of benzene rings is 4. The molecule has 0 amide bonds. The summed E-state index contributed by atoms with van der Waals surface area (Å²) in [6.45, 7) is 1.65. The second-order valence-electron chi connectivity index (χ2n) is 9.68. The first-order chi connectivity index (χ1) is 19.0. The Labute approximate surface area is 226 Å². The average molecular weight is 532 g/mol. The Hall–Kier alpha value is -3.97. The van der Waals surface area contributed by atoms with E-state index >= 15 is 0 Å². The lowest BCUT2D eigenvalue weighted by Crippen LogP contribution is -2.35. The number of ketones is 1. The SMILES string of the molecule is COc1ccc2c(C(=O)c3ccc(OCCC4CCCCN4)cc3)c(-c3cc(F)c(F)cc3OC)ccc2c1. The van der Waals surface area contributed by atoms with Crippen molar-refractivity contribution in [2.24, 2.45) is 0 Å². The summed E-state index contributed by atoms with van der Waals surface area (Å²) < 4.78 is 45.0. The number of rotatable bonds is 9. The van der Waals surface area contributed by atoms with Crippen LogP contribution >= 0.6 is 0 Å². The Morgan fingerprint density at radius 1 is 0.872 bits per heavy atom. The largest absolute Gasteiger partial charge is 0.497 e. The van der Waals surface area contributed by atoms with Crippen LogP contribution in [0.3, 0.4) is 0 Å². The summed E-state index contributed by atoms with van der Waals surface area (Å²) in [5, 5.41) is 4.95. The lowest BCUT2D eigenvalue weighted by Gasteiger charge is -2.23. The number of hydrogen-bond donors (Lipinski definition) is 1. The van der Waals surface area contributed by atoms with Gasteiger partial charge in [-0.2, -0.15) is 0 Å². The predicted molar refractivity (Wildman–Crippen MR) is 148 cm³/mol. The molecule has 1 aliphatic heterocycles. The van der Waals surface area contributed by atoms with Gasteiger partial charge in [-0.1, -0.05) is 18.6 Å². The smallest absolute Gasteiger partial charge is 0.194 e. The molecular weight excluding hydrogens is 500 g/mol. The van der Waals surface area contributed by atoms with Crippen molar-refractivity contribution in [3.63, 3.8) is 0 Å². The molecule has 0 saturated carbocycles. The summed E-state index contributed by atoms with van der Waals surface area (Å²) in [6.07, 6.45) is 4.56. The molecule has 1 heterocycles. The van der Waals surface area contributed by atoms with E-state index in [1.807, 2.05) is 12.1 Å². The van der Waals surface area contributed by atoms with Crippen molar-refractivity contribution < 1.29 is 27.8 Å². The van der Waals surface area contributed by atoms with Gasteiger partial charge in [0.2, 0.25) is 0 Å². The molecule has 5 nitrogen and oxygen atoms in total. The molecule has 1 N–H and O–H groups in total. The molecule has 1 atom stereocenters. The van der Waals surface area contributed by atoms with Crippen LogP contribution in [0.5, 0.6) is 17.2 Å². The minimum atomic E-state index is -1.02. The Morgan fingerprint density at radius 3 is 2.36 bits per heavy atom. The molecule has 1 aliphatic rings. The van der Waals surface area contributed by atoms with Crippen molar-refractivity contribution in [1.29, 1.82) is 0 Å². The molecule has 1 saturated heterocycles. The van der Waals surface area contributed by atoms with E-state index in [9.17, 15) is 13.6 Å². The summed E-state index contributed by atoms with van der Waals surface area (Å²) in [5.41, 5.74) is 1.53. The first-order valence-corrected chi connectivity index (χ1v) is 13.1. The van der Waals surface area contributed by atoms with Gasteiger partial charge in [0, 0.05) is 28.8 Å². The monoisotopic (exact) mass is 531 g/mol. The Bertz CT molecular complexity index is 1480. The normalized spacial score (nSPS) is 15.2. The van der Waals surface area contributed by atoms with Gasteiger partial charge in [-0.25, -0.2) is 8.78 Å². The van der Waals surface area contributed by atoms with Gasteiger partial charge in [-0.15, -0.1) is 0 Å². The van der Waals surface area contributed by atoms with Crippen LogP contribution in [0, 0.1) is 11.6 Å². The Kier molecular flexibility index (Phi) is 8.07. The lowest BCUT2D eigenvalue weighted by molar-refractivity contribution is 0.104. The van der Waals surface area contributed by atoms with Gasteiger partial charge in [0.05, 0.1) is 20.8 Å². The fourth-order valence-electron chi connectivity index (χ4n) is 5.15. The fourth-order valence-corrected chi connectivity index (χ4v) is 5.15. The highest BCUT2D eigenvalue weighted by molar-refractivity contribution is 6.20. The zero-order valence-electron chi connectivity index (χ0n) is 22.1. The van der Waals surface area contributed by atoms with E-state index in [1.165, 1.54) is 26.4 Å². The van der Waals surface area contributed by atoms with E-state index in [0.717, 1.165) is 30.5 Å². The Morgan fingerprint density at radius 2 is 1.64 bits per heavy atom. The molecule has 0 aromatic heterocycles. The first kappa shape index (κ1) is 26.6. The number of halogens is 2. The van der Waals surface area contributed by atoms with Crippen LogP contribution in [0.1, 0.15) is 41.6 Å². The molecule has 4 aromatic rings. The van der Waals surface area contributed by atoms with Crippen LogP contribution in [0.15, 0.2) is 66.7 Å². The highest BCUT2D eigenvalue weighted by Gasteiger charge is 2.22. The Balaban J connectivity index is 1.49. The number of nitrogens with one attached hydrogen (secondary N) is 1. The van der Waals surface area contributed by atoms with E-state index < -0.39 is 11.6 Å². The number of methoxy groups -OCH3 is 2. The third kappa shape index (κ3) is 5.73. The molecule has 202 valence electrons. The molecule has 0 aliphatic carbocycles. The van der Waals surface area contributed by atoms with Crippen LogP contribution in [0.25, 0.3) is 21.9 Å². The second-order valence-corrected chi connectivity index (χ2v) is 9.68. The van der Waals surface area contributed by atoms with Gasteiger partial charge in [-0.3, -0.25) is 4.79 Å². The standard InChI is InChI=1S/C32H31F2NO4/c1-37-24-11-13-25-21(17-24)8-12-26(27-18-28(33)29(34)19-30(27)38-2)31(25)32(36)20-6-9-23(10-7-20)39-16-14-22-5-3-4-15-35-22/h6-13,17-19,22,35H,3-5,14-16H2,1-2H3. The summed E-state index contributed by atoms with van der Waals surface area (Å²) in [7, 11) is 2.95. The summed E-state index contributed by atoms with van der Waals surface area (Å²) in [5.74, 6) is -0.846. The van der Waals surface area contributed by atoms with Gasteiger partial charge in [0.1, 0.15) is 17.2 Å². The second kappa shape index (κ2) is 11.8. The van der Waals surface area contributed by atoms with Crippen LogP contribution in [0.4, 0.5) is 8.78 Å². The van der Waals surface area contributed by atoms with Crippen molar-refractivity contribution in [3.05, 3.63) is 89.5 Å². The predicted octanol–water partition coefficient (Wildman–Crippen LogP) is 6.94. The van der Waals surface area contributed by atoms with Gasteiger partial charge in [-0.05, 0) is 90.7 Å². The highest BCUT2D eigenvalue weighted by atomic mass is 19.2. The maximum atomic E-state index is 14.4. The third-order valence-electron chi connectivity index (χ3n) is 7.25. The van der Waals surface area contributed by atoms with Gasteiger partial charge in [0.15, 0.2) is 17.4 Å².